The molecule has 9 nitrogen and oxygen atoms in total. The Morgan fingerprint density at radius 1 is 1.12 bits per heavy atom. The highest BCUT2D eigenvalue weighted by molar-refractivity contribution is 7.89. The van der Waals surface area contributed by atoms with E-state index in [4.69, 9.17) is 9.47 Å². The minimum atomic E-state index is -3.91. The topological polar surface area (TPSA) is 116 Å². The number of rotatable bonds is 7. The van der Waals surface area contributed by atoms with Gasteiger partial charge in [-0.1, -0.05) is 45.0 Å². The lowest BCUT2D eigenvalue weighted by Crippen LogP contribution is -2.40. The molecule has 0 radical (unpaired) electrons. The van der Waals surface area contributed by atoms with Gasteiger partial charge in [-0.25, -0.2) is 8.42 Å². The van der Waals surface area contributed by atoms with Crippen LogP contribution in [0.1, 0.15) is 43.6 Å². The van der Waals surface area contributed by atoms with Crippen LogP contribution >= 0.6 is 0 Å². The number of benzene rings is 2. The number of ether oxygens (including phenoxy) is 2. The number of carbonyl (C=O) groups is 1. The van der Waals surface area contributed by atoms with Crippen LogP contribution in [0.4, 0.5) is 5.69 Å². The van der Waals surface area contributed by atoms with Crippen LogP contribution in [0.3, 0.4) is 0 Å². The number of hydrogen-bond acceptors (Lipinski definition) is 7. The molecule has 1 heterocycles. The van der Waals surface area contributed by atoms with Gasteiger partial charge in [-0.05, 0) is 30.0 Å². The number of nitro benzene ring substituents is 1. The fraction of sp³-hybridized carbons (Fsp3) is 0.435. The molecule has 0 N–H and O–H groups in total. The maximum atomic E-state index is 12.8. The van der Waals surface area contributed by atoms with Crippen LogP contribution in [0.25, 0.3) is 0 Å². The third kappa shape index (κ3) is 5.58. The van der Waals surface area contributed by atoms with Crippen molar-refractivity contribution in [2.75, 3.05) is 26.3 Å². The molecule has 1 saturated heterocycles. The van der Waals surface area contributed by atoms with Crippen LogP contribution in [-0.4, -0.2) is 55.8 Å². The van der Waals surface area contributed by atoms with Gasteiger partial charge in [0.05, 0.1) is 23.0 Å². The maximum Gasteiger partial charge on any atom is 0.312 e. The highest BCUT2D eigenvalue weighted by Crippen LogP contribution is 2.32. The fourth-order valence-corrected chi connectivity index (χ4v) is 4.88. The van der Waals surface area contributed by atoms with E-state index in [9.17, 15) is 23.3 Å². The summed E-state index contributed by atoms with van der Waals surface area (Å²) in [5, 5.41) is 11.6. The number of carbonyl (C=O) groups excluding carboxylic acids is 1. The standard InChI is InChI=1S/C23H28N2O7S/c1-16(22(26)17-5-7-18(8-6-17)23(2,3)4)32-21-10-9-19(15-20(21)25(27)28)33(29,30)24-11-13-31-14-12-24/h5-10,15-16H,11-14H2,1-4H3. The second-order valence-corrected chi connectivity index (χ2v) is 10.8. The summed E-state index contributed by atoms with van der Waals surface area (Å²) in [6, 6.07) is 10.6. The lowest BCUT2D eigenvalue weighted by molar-refractivity contribution is -0.386. The molecule has 10 heteroatoms. The number of morpholine rings is 1. The zero-order valence-corrected chi connectivity index (χ0v) is 19.9. The third-order valence-electron chi connectivity index (χ3n) is 5.44. The lowest BCUT2D eigenvalue weighted by Gasteiger charge is -2.26. The molecule has 1 aliphatic heterocycles. The van der Waals surface area contributed by atoms with E-state index in [1.54, 1.807) is 12.1 Å². The highest BCUT2D eigenvalue weighted by Gasteiger charge is 2.30. The molecule has 3 rings (SSSR count). The van der Waals surface area contributed by atoms with Crippen molar-refractivity contribution in [2.24, 2.45) is 0 Å². The van der Waals surface area contributed by atoms with Gasteiger partial charge in [-0.2, -0.15) is 4.31 Å². The molecule has 2 aromatic rings. The Labute approximate surface area is 193 Å². The first kappa shape index (κ1) is 24.8. The number of sulfonamides is 1. The van der Waals surface area contributed by atoms with Crippen LogP contribution in [0.5, 0.6) is 5.75 Å². The SMILES string of the molecule is CC(Oc1ccc(S(=O)(=O)N2CCOCC2)cc1[N+](=O)[O-])C(=O)c1ccc(C(C)(C)C)cc1. The second-order valence-electron chi connectivity index (χ2n) is 8.85. The van der Waals surface area contributed by atoms with Gasteiger partial charge in [-0.3, -0.25) is 14.9 Å². The molecule has 2 aromatic carbocycles. The van der Waals surface area contributed by atoms with Crippen molar-refractivity contribution in [2.45, 2.75) is 44.1 Å². The van der Waals surface area contributed by atoms with E-state index in [2.05, 4.69) is 20.8 Å². The maximum absolute atomic E-state index is 12.8. The van der Waals surface area contributed by atoms with Crippen molar-refractivity contribution in [3.8, 4) is 5.75 Å². The molecule has 0 bridgehead atoms. The molecule has 0 spiro atoms. The summed E-state index contributed by atoms with van der Waals surface area (Å²) in [6.45, 7) is 8.58. The van der Waals surface area contributed by atoms with Gasteiger partial charge in [0.25, 0.3) is 0 Å². The van der Waals surface area contributed by atoms with Crippen LogP contribution in [0.15, 0.2) is 47.4 Å². The van der Waals surface area contributed by atoms with Gasteiger partial charge >= 0.3 is 5.69 Å². The van der Waals surface area contributed by atoms with Gasteiger partial charge in [0.15, 0.2) is 11.9 Å². The molecule has 1 atom stereocenters. The van der Waals surface area contributed by atoms with Crippen LogP contribution in [-0.2, 0) is 20.2 Å². The molecule has 0 amide bonds. The number of ketones is 1. The quantitative estimate of drug-likeness (QED) is 0.341. The Kier molecular flexibility index (Phi) is 7.20. The zero-order valence-electron chi connectivity index (χ0n) is 19.1. The molecule has 33 heavy (non-hydrogen) atoms. The van der Waals surface area contributed by atoms with Gasteiger partial charge in [0.1, 0.15) is 0 Å². The Hall–Kier alpha value is -2.82. The molecule has 0 aliphatic carbocycles. The number of nitrogens with zero attached hydrogens (tertiary/aromatic N) is 2. The Bertz CT molecular complexity index is 1130. The lowest BCUT2D eigenvalue weighted by atomic mass is 9.86. The normalized spacial score (nSPS) is 16.2. The second kappa shape index (κ2) is 9.58. The van der Waals surface area contributed by atoms with Crippen LogP contribution in [0, 0.1) is 10.1 Å². The van der Waals surface area contributed by atoms with Crippen molar-refractivity contribution >= 4 is 21.5 Å². The molecule has 178 valence electrons. The van der Waals surface area contributed by atoms with E-state index in [-0.39, 0.29) is 48.1 Å². The van der Waals surface area contributed by atoms with Gasteiger partial charge < -0.3 is 9.47 Å². The minimum absolute atomic E-state index is 0.0619. The first-order valence-electron chi connectivity index (χ1n) is 10.6. The van der Waals surface area contributed by atoms with Crippen molar-refractivity contribution in [1.82, 2.24) is 4.31 Å². The average Bonchev–Trinajstić information content (AvgIpc) is 2.78. The molecule has 0 aromatic heterocycles. The number of nitro groups is 1. The Balaban J connectivity index is 1.82. The Morgan fingerprint density at radius 2 is 1.73 bits per heavy atom. The summed E-state index contributed by atoms with van der Waals surface area (Å²) in [7, 11) is -3.91. The zero-order chi connectivity index (χ0) is 24.4. The molecule has 0 saturated carbocycles. The summed E-state index contributed by atoms with van der Waals surface area (Å²) >= 11 is 0. The summed E-state index contributed by atoms with van der Waals surface area (Å²) in [5.74, 6) is -0.511. The van der Waals surface area contributed by atoms with Crippen molar-refractivity contribution < 1.29 is 27.6 Å². The van der Waals surface area contributed by atoms with Crippen LogP contribution in [0.2, 0.25) is 0 Å². The fourth-order valence-electron chi connectivity index (χ4n) is 3.45. The van der Waals surface area contributed by atoms with E-state index in [1.807, 2.05) is 12.1 Å². The van der Waals surface area contributed by atoms with E-state index in [0.29, 0.717) is 5.56 Å². The molecule has 1 unspecified atom stereocenters. The third-order valence-corrected chi connectivity index (χ3v) is 7.34. The van der Waals surface area contributed by atoms with Gasteiger partial charge in [-0.15, -0.1) is 0 Å². The summed E-state index contributed by atoms with van der Waals surface area (Å²) < 4.78 is 37.7. The van der Waals surface area contributed by atoms with E-state index in [0.717, 1.165) is 11.6 Å². The molecule has 1 fully saturated rings. The monoisotopic (exact) mass is 476 g/mol. The first-order chi connectivity index (χ1) is 15.4. The van der Waals surface area contributed by atoms with E-state index < -0.39 is 26.7 Å². The van der Waals surface area contributed by atoms with Gasteiger partial charge in [0.2, 0.25) is 15.8 Å². The first-order valence-corrected chi connectivity index (χ1v) is 12.0. The summed E-state index contributed by atoms with van der Waals surface area (Å²) in [6.07, 6.45) is -1.01. The Morgan fingerprint density at radius 3 is 2.27 bits per heavy atom. The van der Waals surface area contributed by atoms with E-state index >= 15 is 0 Å². The molecule has 1 aliphatic rings. The highest BCUT2D eigenvalue weighted by atomic mass is 32.2. The summed E-state index contributed by atoms with van der Waals surface area (Å²) in [5.41, 5.74) is 0.908. The number of Topliss-reactive ketones (excluding diaryl/α,β-unsaturated/α-hetero) is 1. The smallest absolute Gasteiger partial charge is 0.312 e. The van der Waals surface area contributed by atoms with Crippen LogP contribution < -0.4 is 4.74 Å². The summed E-state index contributed by atoms with van der Waals surface area (Å²) in [4.78, 5) is 23.5. The minimum Gasteiger partial charge on any atom is -0.475 e. The largest absolute Gasteiger partial charge is 0.475 e. The van der Waals surface area contributed by atoms with Crippen molar-refractivity contribution in [3.05, 3.63) is 63.7 Å². The van der Waals surface area contributed by atoms with Crippen molar-refractivity contribution in [1.29, 1.82) is 0 Å². The predicted octanol–water partition coefficient (Wildman–Crippen LogP) is 3.56. The molecular weight excluding hydrogens is 448 g/mol. The van der Waals surface area contributed by atoms with Gasteiger partial charge in [0, 0.05) is 24.7 Å². The number of hydrogen-bond donors (Lipinski definition) is 0. The predicted molar refractivity (Wildman–Crippen MR) is 122 cm³/mol. The molecular formula is C23H28N2O7S. The van der Waals surface area contributed by atoms with Crippen molar-refractivity contribution in [3.63, 3.8) is 0 Å². The van der Waals surface area contributed by atoms with E-state index in [1.165, 1.54) is 23.4 Å². The average molecular weight is 477 g/mol.